The van der Waals surface area contributed by atoms with Crippen molar-refractivity contribution >= 4 is 10.8 Å². The molecular formula is C18H21NO. The van der Waals surface area contributed by atoms with Crippen molar-refractivity contribution in [2.45, 2.75) is 32.9 Å². The largest absolute Gasteiger partial charge is 0.481 e. The maximum Gasteiger partial charge on any atom is 0.148 e. The molecule has 0 atom stereocenters. The first-order valence-electron chi connectivity index (χ1n) is 6.83. The van der Waals surface area contributed by atoms with Gasteiger partial charge in [0.15, 0.2) is 0 Å². The Labute approximate surface area is 121 Å². The molecule has 2 heteroatoms. The monoisotopic (exact) mass is 267 g/mol. The molecule has 2 nitrogen and oxygen atoms in total. The van der Waals surface area contributed by atoms with Gasteiger partial charge < -0.3 is 10.1 Å². The van der Waals surface area contributed by atoms with E-state index in [-0.39, 0.29) is 5.54 Å². The average molecular weight is 267 g/mol. The number of rotatable bonds is 4. The summed E-state index contributed by atoms with van der Waals surface area (Å²) in [5, 5.41) is 5.94. The van der Waals surface area contributed by atoms with Crippen LogP contribution in [0.3, 0.4) is 0 Å². The maximum absolute atomic E-state index is 5.68. The molecule has 2 aromatic carbocycles. The van der Waals surface area contributed by atoms with Crippen LogP contribution < -0.4 is 10.1 Å². The van der Waals surface area contributed by atoms with Gasteiger partial charge in [0, 0.05) is 17.6 Å². The third-order valence-corrected chi connectivity index (χ3v) is 3.10. The van der Waals surface area contributed by atoms with E-state index in [9.17, 15) is 0 Å². The fourth-order valence-electron chi connectivity index (χ4n) is 2.11. The van der Waals surface area contributed by atoms with E-state index in [4.69, 9.17) is 11.2 Å². The van der Waals surface area contributed by atoms with Crippen molar-refractivity contribution in [3.05, 3.63) is 42.0 Å². The molecule has 0 fully saturated rings. The summed E-state index contributed by atoms with van der Waals surface area (Å²) in [6.07, 6.45) is 5.29. The lowest BCUT2D eigenvalue weighted by atomic mass is 10.0. The highest BCUT2D eigenvalue weighted by atomic mass is 16.5. The number of hydrogen-bond acceptors (Lipinski definition) is 2. The number of fused-ring (bicyclic) bond motifs is 1. The average Bonchev–Trinajstić information content (AvgIpc) is 2.42. The summed E-state index contributed by atoms with van der Waals surface area (Å²) >= 11 is 0. The van der Waals surface area contributed by atoms with E-state index in [0.29, 0.717) is 6.61 Å². The van der Waals surface area contributed by atoms with Crippen LogP contribution >= 0.6 is 0 Å². The third-order valence-electron chi connectivity index (χ3n) is 3.10. The van der Waals surface area contributed by atoms with Crippen LogP contribution in [-0.4, -0.2) is 12.1 Å². The second-order valence-electron chi connectivity index (χ2n) is 5.86. The molecule has 0 amide bonds. The predicted molar refractivity (Wildman–Crippen MR) is 84.9 cm³/mol. The summed E-state index contributed by atoms with van der Waals surface area (Å²) in [4.78, 5) is 0. The second-order valence-corrected chi connectivity index (χ2v) is 5.86. The summed E-state index contributed by atoms with van der Waals surface area (Å²) < 4.78 is 5.68. The molecule has 0 saturated carbocycles. The van der Waals surface area contributed by atoms with Crippen LogP contribution in [0.5, 0.6) is 5.75 Å². The number of hydrogen-bond donors (Lipinski definition) is 1. The minimum absolute atomic E-state index is 0.0559. The van der Waals surface area contributed by atoms with Crippen LogP contribution in [0.1, 0.15) is 26.3 Å². The molecule has 0 bridgehead atoms. The van der Waals surface area contributed by atoms with Gasteiger partial charge in [-0.1, -0.05) is 36.3 Å². The number of nitrogens with one attached hydrogen (secondary N) is 1. The van der Waals surface area contributed by atoms with Gasteiger partial charge in [0.05, 0.1) is 0 Å². The Morgan fingerprint density at radius 2 is 1.90 bits per heavy atom. The van der Waals surface area contributed by atoms with Gasteiger partial charge in [-0.25, -0.2) is 0 Å². The van der Waals surface area contributed by atoms with Gasteiger partial charge in [0.25, 0.3) is 0 Å². The van der Waals surface area contributed by atoms with E-state index < -0.39 is 0 Å². The zero-order valence-corrected chi connectivity index (χ0v) is 12.4. The van der Waals surface area contributed by atoms with Crippen molar-refractivity contribution in [1.82, 2.24) is 5.32 Å². The Bertz CT molecular complexity index is 632. The standard InChI is InChI=1S/C18H21NO/c1-5-12-20-17-11-10-14-8-6-7-9-15(14)16(17)13-19-18(2,3)4/h1,6-11,19H,12-13H2,2-4H3. The smallest absolute Gasteiger partial charge is 0.148 e. The van der Waals surface area contributed by atoms with Gasteiger partial charge in [-0.15, -0.1) is 6.42 Å². The van der Waals surface area contributed by atoms with Gasteiger partial charge in [-0.2, -0.15) is 0 Å². The van der Waals surface area contributed by atoms with Crippen LogP contribution in [-0.2, 0) is 6.54 Å². The van der Waals surface area contributed by atoms with Gasteiger partial charge >= 0.3 is 0 Å². The molecule has 0 aliphatic carbocycles. The van der Waals surface area contributed by atoms with Crippen molar-refractivity contribution in [2.24, 2.45) is 0 Å². The summed E-state index contributed by atoms with van der Waals surface area (Å²) in [6.45, 7) is 7.51. The van der Waals surface area contributed by atoms with E-state index in [1.165, 1.54) is 10.8 Å². The van der Waals surface area contributed by atoms with Crippen LogP contribution in [0, 0.1) is 12.3 Å². The molecule has 104 valence electrons. The number of terminal acetylenes is 1. The van der Waals surface area contributed by atoms with E-state index >= 15 is 0 Å². The van der Waals surface area contributed by atoms with Crippen molar-refractivity contribution < 1.29 is 4.74 Å². The zero-order chi connectivity index (χ0) is 14.6. The van der Waals surface area contributed by atoms with Crippen molar-refractivity contribution in [2.75, 3.05) is 6.61 Å². The lowest BCUT2D eigenvalue weighted by Gasteiger charge is -2.22. The maximum atomic E-state index is 5.68. The molecule has 0 unspecified atom stereocenters. The molecule has 0 radical (unpaired) electrons. The van der Waals surface area contributed by atoms with Crippen molar-refractivity contribution in [3.63, 3.8) is 0 Å². The molecule has 2 rings (SSSR count). The van der Waals surface area contributed by atoms with E-state index in [0.717, 1.165) is 17.9 Å². The molecule has 0 heterocycles. The van der Waals surface area contributed by atoms with Gasteiger partial charge in [0.2, 0.25) is 0 Å². The molecule has 0 aliphatic rings. The Morgan fingerprint density at radius 1 is 1.15 bits per heavy atom. The first kappa shape index (κ1) is 14.4. The van der Waals surface area contributed by atoms with Gasteiger partial charge in [-0.3, -0.25) is 0 Å². The SMILES string of the molecule is C#CCOc1ccc2ccccc2c1CNC(C)(C)C. The van der Waals surface area contributed by atoms with Gasteiger partial charge in [0.1, 0.15) is 12.4 Å². The van der Waals surface area contributed by atoms with Crippen molar-refractivity contribution in [3.8, 4) is 18.1 Å². The highest BCUT2D eigenvalue weighted by Gasteiger charge is 2.13. The summed E-state index contributed by atoms with van der Waals surface area (Å²) in [6, 6.07) is 12.4. The summed E-state index contributed by atoms with van der Waals surface area (Å²) in [5.41, 5.74) is 1.22. The van der Waals surface area contributed by atoms with Crippen LogP contribution in [0.4, 0.5) is 0 Å². The van der Waals surface area contributed by atoms with E-state index in [1.807, 2.05) is 18.2 Å². The second kappa shape index (κ2) is 5.98. The van der Waals surface area contributed by atoms with Crippen LogP contribution in [0.2, 0.25) is 0 Å². The molecular weight excluding hydrogens is 246 g/mol. The molecule has 2 aromatic rings. The highest BCUT2D eigenvalue weighted by Crippen LogP contribution is 2.28. The molecule has 0 aromatic heterocycles. The number of ether oxygens (including phenoxy) is 1. The highest BCUT2D eigenvalue weighted by molar-refractivity contribution is 5.87. The fraction of sp³-hybridized carbons (Fsp3) is 0.333. The Hall–Kier alpha value is -1.98. The van der Waals surface area contributed by atoms with E-state index in [2.05, 4.69) is 50.2 Å². The van der Waals surface area contributed by atoms with E-state index in [1.54, 1.807) is 0 Å². The topological polar surface area (TPSA) is 21.3 Å². The quantitative estimate of drug-likeness (QED) is 0.852. The lowest BCUT2D eigenvalue weighted by Crippen LogP contribution is -2.35. The molecule has 0 aliphatic heterocycles. The zero-order valence-electron chi connectivity index (χ0n) is 12.4. The summed E-state index contributed by atoms with van der Waals surface area (Å²) in [5.74, 6) is 3.38. The Morgan fingerprint density at radius 3 is 2.60 bits per heavy atom. The molecule has 0 saturated heterocycles. The van der Waals surface area contributed by atoms with Crippen molar-refractivity contribution in [1.29, 1.82) is 0 Å². The third kappa shape index (κ3) is 3.53. The Kier molecular flexibility index (Phi) is 4.32. The molecule has 0 spiro atoms. The van der Waals surface area contributed by atoms with Crippen LogP contribution in [0.15, 0.2) is 36.4 Å². The van der Waals surface area contributed by atoms with Gasteiger partial charge in [-0.05, 0) is 37.6 Å². The Balaban J connectivity index is 2.42. The minimum atomic E-state index is 0.0559. The van der Waals surface area contributed by atoms with Crippen LogP contribution in [0.25, 0.3) is 10.8 Å². The first-order valence-corrected chi connectivity index (χ1v) is 6.83. The minimum Gasteiger partial charge on any atom is -0.481 e. The molecule has 20 heavy (non-hydrogen) atoms. The normalized spacial score (nSPS) is 11.3. The fourth-order valence-corrected chi connectivity index (χ4v) is 2.11. The predicted octanol–water partition coefficient (Wildman–Crippen LogP) is 3.74. The lowest BCUT2D eigenvalue weighted by molar-refractivity contribution is 0.360. The first-order chi connectivity index (χ1) is 9.51. The number of benzene rings is 2. The molecule has 1 N–H and O–H groups in total. The summed E-state index contributed by atoms with van der Waals surface area (Å²) in [7, 11) is 0.